The Morgan fingerprint density at radius 2 is 1.95 bits per heavy atom. The number of benzene rings is 1. The number of tetrazole rings is 1. The third-order valence-corrected chi connectivity index (χ3v) is 4.78. The topological polar surface area (TPSA) is 70.3 Å². The highest BCUT2D eigenvalue weighted by molar-refractivity contribution is 5.25. The number of piperazine rings is 1. The molecule has 1 N–H and O–H groups in total. The minimum atomic E-state index is 0.0287. The van der Waals surface area contributed by atoms with E-state index in [1.54, 1.807) is 7.05 Å². The lowest BCUT2D eigenvalue weighted by Gasteiger charge is -2.56. The normalized spacial score (nSPS) is 26.6. The summed E-state index contributed by atoms with van der Waals surface area (Å²) in [5.74, 6) is 0.741. The molecule has 3 saturated heterocycles. The lowest BCUT2D eigenvalue weighted by atomic mass is 9.86. The third kappa shape index (κ3) is 2.22. The monoisotopic (exact) mass is 300 g/mol. The van der Waals surface area contributed by atoms with Gasteiger partial charge in [0.1, 0.15) is 0 Å². The summed E-state index contributed by atoms with van der Waals surface area (Å²) in [6.07, 6.45) is 1.17. The van der Waals surface area contributed by atoms with Crippen LogP contribution in [0.1, 0.15) is 23.9 Å². The van der Waals surface area contributed by atoms with E-state index < -0.39 is 0 Å². The Kier molecular flexibility index (Phi) is 3.40. The molecule has 5 rings (SSSR count). The molecule has 0 radical (unpaired) electrons. The Balaban J connectivity index is 1.64. The number of rotatable bonds is 4. The minimum absolute atomic E-state index is 0.0287. The van der Waals surface area contributed by atoms with Crippen LogP contribution in [0, 0.1) is 0 Å². The van der Waals surface area contributed by atoms with Crippen LogP contribution in [0.3, 0.4) is 0 Å². The van der Waals surface area contributed by atoms with Crippen molar-refractivity contribution in [2.24, 2.45) is 7.05 Å². The molecule has 0 spiro atoms. The number of aryl methyl sites for hydroxylation is 1. The fraction of sp³-hybridized carbons (Fsp3) is 0.533. The van der Waals surface area contributed by atoms with E-state index in [0.717, 1.165) is 18.9 Å². The summed E-state index contributed by atoms with van der Waals surface area (Å²) in [5.41, 5.74) is 1.19. The molecule has 116 valence electrons. The van der Waals surface area contributed by atoms with Crippen molar-refractivity contribution in [3.05, 3.63) is 41.7 Å². The predicted octanol–water partition coefficient (Wildman–Crippen LogP) is 0.00780. The molecule has 2 bridgehead atoms. The predicted molar refractivity (Wildman–Crippen MR) is 79.8 cm³/mol. The van der Waals surface area contributed by atoms with E-state index in [9.17, 15) is 5.11 Å². The van der Waals surface area contributed by atoms with Gasteiger partial charge < -0.3 is 5.11 Å². The summed E-state index contributed by atoms with van der Waals surface area (Å²) in [4.78, 5) is 6.09. The van der Waals surface area contributed by atoms with Crippen molar-refractivity contribution in [2.75, 3.05) is 19.8 Å². The highest BCUT2D eigenvalue weighted by Crippen LogP contribution is 2.37. The smallest absolute Gasteiger partial charge is 0.196 e. The fourth-order valence-electron chi connectivity index (χ4n) is 3.73. The van der Waals surface area contributed by atoms with Gasteiger partial charge in [0.2, 0.25) is 0 Å². The van der Waals surface area contributed by atoms with Crippen molar-refractivity contribution in [3.8, 4) is 0 Å². The first kappa shape index (κ1) is 13.8. The molecular weight excluding hydrogens is 280 g/mol. The van der Waals surface area contributed by atoms with Gasteiger partial charge >= 0.3 is 0 Å². The van der Waals surface area contributed by atoms with Crippen molar-refractivity contribution in [1.82, 2.24) is 30.0 Å². The molecule has 3 aliphatic heterocycles. The second kappa shape index (κ2) is 5.42. The lowest BCUT2D eigenvalue weighted by Crippen LogP contribution is -2.69. The number of hydrogen-bond acceptors (Lipinski definition) is 6. The summed E-state index contributed by atoms with van der Waals surface area (Å²) in [7, 11) is 1.79. The molecule has 1 aromatic heterocycles. The van der Waals surface area contributed by atoms with Crippen LogP contribution >= 0.6 is 0 Å². The van der Waals surface area contributed by atoms with Gasteiger partial charge in [-0.15, -0.1) is 10.2 Å². The van der Waals surface area contributed by atoms with Crippen LogP contribution in [0.5, 0.6) is 0 Å². The second-order valence-electron chi connectivity index (χ2n) is 6.10. The van der Waals surface area contributed by atoms with Gasteiger partial charge in [-0.25, -0.2) is 0 Å². The maximum Gasteiger partial charge on any atom is 0.196 e. The molecule has 3 aliphatic rings. The number of nitrogens with zero attached hydrogens (tertiary/aromatic N) is 6. The Labute approximate surface area is 129 Å². The summed E-state index contributed by atoms with van der Waals surface area (Å²) in [5, 5.41) is 22.1. The van der Waals surface area contributed by atoms with Crippen LogP contribution in [-0.4, -0.2) is 67.0 Å². The molecule has 0 amide bonds. The number of aliphatic hydroxyl groups is 1. The highest BCUT2D eigenvalue weighted by Gasteiger charge is 2.46. The average Bonchev–Trinajstić information content (AvgIpc) is 2.95. The molecule has 7 heteroatoms. The van der Waals surface area contributed by atoms with Crippen LogP contribution in [0.4, 0.5) is 0 Å². The van der Waals surface area contributed by atoms with Gasteiger partial charge in [-0.1, -0.05) is 30.3 Å². The molecule has 7 nitrogen and oxygen atoms in total. The van der Waals surface area contributed by atoms with Gasteiger partial charge in [-0.2, -0.15) is 4.80 Å². The second-order valence-corrected chi connectivity index (χ2v) is 6.10. The molecule has 3 unspecified atom stereocenters. The van der Waals surface area contributed by atoms with Crippen molar-refractivity contribution in [3.63, 3.8) is 0 Å². The largest absolute Gasteiger partial charge is 0.381 e. The standard InChI is InChI=1S/C15H20N6O/c1-19-17-15(16-18-19)14(11-5-3-2-4-6-11)20-8-12-7-13(9-20)21(12)10-22/h2-6,12-14,22H,7-10H2,1H3. The van der Waals surface area contributed by atoms with Crippen LogP contribution in [0.2, 0.25) is 0 Å². The zero-order valence-corrected chi connectivity index (χ0v) is 12.6. The van der Waals surface area contributed by atoms with Crippen molar-refractivity contribution < 1.29 is 5.11 Å². The third-order valence-electron chi connectivity index (χ3n) is 4.78. The van der Waals surface area contributed by atoms with E-state index in [4.69, 9.17) is 0 Å². The number of aromatic nitrogens is 4. The Bertz CT molecular complexity index is 632. The number of hydrogen-bond donors (Lipinski definition) is 1. The quantitative estimate of drug-likeness (QED) is 0.857. The molecule has 2 aromatic rings. The zero-order chi connectivity index (χ0) is 15.1. The first-order chi connectivity index (χ1) is 10.8. The zero-order valence-electron chi connectivity index (χ0n) is 12.6. The van der Waals surface area contributed by atoms with Crippen LogP contribution in [-0.2, 0) is 7.05 Å². The van der Waals surface area contributed by atoms with Crippen LogP contribution in [0.25, 0.3) is 0 Å². The summed E-state index contributed by atoms with van der Waals surface area (Å²) in [6.45, 7) is 2.01. The van der Waals surface area contributed by atoms with E-state index in [1.165, 1.54) is 16.8 Å². The Hall–Kier alpha value is -1.83. The van der Waals surface area contributed by atoms with Crippen molar-refractivity contribution in [1.29, 1.82) is 0 Å². The number of fused-ring (bicyclic) bond motifs is 2. The maximum absolute atomic E-state index is 9.42. The SMILES string of the molecule is Cn1nnc(C(c2ccccc2)N2CC3CC(C2)N3CO)n1. The highest BCUT2D eigenvalue weighted by atomic mass is 16.3. The molecule has 22 heavy (non-hydrogen) atoms. The van der Waals surface area contributed by atoms with E-state index in [1.807, 2.05) is 18.2 Å². The average molecular weight is 300 g/mol. The van der Waals surface area contributed by atoms with Gasteiger partial charge in [0.05, 0.1) is 19.8 Å². The van der Waals surface area contributed by atoms with E-state index in [-0.39, 0.29) is 12.8 Å². The minimum Gasteiger partial charge on any atom is -0.381 e. The molecule has 0 saturated carbocycles. The van der Waals surface area contributed by atoms with Gasteiger partial charge in [-0.05, 0) is 17.2 Å². The number of piperidine rings is 1. The van der Waals surface area contributed by atoms with Gasteiger partial charge in [-0.3, -0.25) is 9.80 Å². The molecule has 1 aromatic carbocycles. The van der Waals surface area contributed by atoms with Crippen LogP contribution in [0.15, 0.2) is 30.3 Å². The first-order valence-electron chi connectivity index (χ1n) is 7.65. The molecule has 0 aliphatic carbocycles. The van der Waals surface area contributed by atoms with Gasteiger partial charge in [0.25, 0.3) is 0 Å². The Morgan fingerprint density at radius 1 is 1.23 bits per heavy atom. The number of aliphatic hydroxyl groups excluding tert-OH is 1. The lowest BCUT2D eigenvalue weighted by molar-refractivity contribution is -0.117. The summed E-state index contributed by atoms with van der Waals surface area (Å²) >= 11 is 0. The van der Waals surface area contributed by atoms with Crippen LogP contribution < -0.4 is 0 Å². The molecule has 3 fully saturated rings. The van der Waals surface area contributed by atoms with Gasteiger partial charge in [0, 0.05) is 25.2 Å². The maximum atomic E-state index is 9.42. The van der Waals surface area contributed by atoms with Gasteiger partial charge in [0.15, 0.2) is 5.82 Å². The van der Waals surface area contributed by atoms with Crippen molar-refractivity contribution >= 4 is 0 Å². The van der Waals surface area contributed by atoms with E-state index >= 15 is 0 Å². The molecule has 3 atom stereocenters. The fourth-order valence-corrected chi connectivity index (χ4v) is 3.73. The van der Waals surface area contributed by atoms with E-state index in [2.05, 4.69) is 37.3 Å². The molecular formula is C15H20N6O. The first-order valence-corrected chi connectivity index (χ1v) is 7.65. The summed E-state index contributed by atoms with van der Waals surface area (Å²) < 4.78 is 0. The Morgan fingerprint density at radius 3 is 2.55 bits per heavy atom. The van der Waals surface area contributed by atoms with E-state index in [0.29, 0.717) is 12.1 Å². The van der Waals surface area contributed by atoms with Crippen molar-refractivity contribution in [2.45, 2.75) is 24.5 Å². The summed E-state index contributed by atoms with van der Waals surface area (Å²) in [6, 6.07) is 11.2. The molecule has 4 heterocycles.